The summed E-state index contributed by atoms with van der Waals surface area (Å²) < 4.78 is 80.7. The highest BCUT2D eigenvalue weighted by molar-refractivity contribution is 7.90. The first-order valence-corrected chi connectivity index (χ1v) is 14.0. The van der Waals surface area contributed by atoms with Crippen LogP contribution in [-0.2, 0) is 29.6 Å². The Morgan fingerprint density at radius 1 is 0.972 bits per heavy atom. The van der Waals surface area contributed by atoms with Crippen LogP contribution >= 0.6 is 0 Å². The summed E-state index contributed by atoms with van der Waals surface area (Å²) in [5, 5.41) is 11.7. The summed E-state index contributed by atoms with van der Waals surface area (Å²) in [6.45, 7) is 0.926. The van der Waals surface area contributed by atoms with Crippen LogP contribution in [0.3, 0.4) is 0 Å². The van der Waals surface area contributed by atoms with E-state index >= 15 is 0 Å². The maximum absolute atomic E-state index is 13.4. The van der Waals surface area contributed by atoms with Crippen molar-refractivity contribution in [2.75, 3.05) is 18.8 Å². The molecule has 2 N–H and O–H groups in total. The summed E-state index contributed by atoms with van der Waals surface area (Å²) in [5.74, 6) is -4.01. The number of carboxylic acid groups (broad SMARTS) is 1. The quantitative estimate of drug-likeness (QED) is 0.463. The number of sulfonamides is 2. The number of amides is 1. The average Bonchev–Trinajstić information content (AvgIpc) is 3.26. The zero-order valence-corrected chi connectivity index (χ0v) is 20.8. The topological polar surface area (TPSA) is 141 Å². The Balaban J connectivity index is 2.02. The molecule has 1 fully saturated rings. The molecule has 3 rings (SSSR count). The summed E-state index contributed by atoms with van der Waals surface area (Å²) in [6, 6.07) is 7.27. The van der Waals surface area contributed by atoms with Crippen LogP contribution < -0.4 is 5.32 Å². The third kappa shape index (κ3) is 6.06. The Hall–Kier alpha value is -2.94. The van der Waals surface area contributed by atoms with E-state index < -0.39 is 62.2 Å². The van der Waals surface area contributed by atoms with Crippen molar-refractivity contribution in [2.45, 2.75) is 36.9 Å². The van der Waals surface area contributed by atoms with Crippen LogP contribution in [0.5, 0.6) is 0 Å². The molecule has 0 saturated carbocycles. The first-order chi connectivity index (χ1) is 16.9. The van der Waals surface area contributed by atoms with E-state index in [-0.39, 0.29) is 35.7 Å². The fourth-order valence-corrected chi connectivity index (χ4v) is 7.10. The minimum absolute atomic E-state index is 0.203. The second kappa shape index (κ2) is 11.0. The van der Waals surface area contributed by atoms with Gasteiger partial charge in [0.15, 0.2) is 6.17 Å². The standard InChI is InChI=1S/C22H25F2N3O7S2/c1-2-13-35(31,32)26-11-12-27(36(33,34)18-9-7-17(24)8-10-18)22(26)21(30)25-19(14-20(28)29)15-3-5-16(23)6-4-15/h3-10,19,22H,2,11-14H2,1H3,(H,25,30)(H,28,29). The first kappa shape index (κ1) is 27.6. The molecule has 0 aromatic heterocycles. The van der Waals surface area contributed by atoms with Gasteiger partial charge in [-0.1, -0.05) is 19.1 Å². The second-order valence-corrected chi connectivity index (χ2v) is 12.0. The Morgan fingerprint density at radius 2 is 1.50 bits per heavy atom. The molecule has 2 aromatic rings. The largest absolute Gasteiger partial charge is 0.481 e. The second-order valence-electron chi connectivity index (χ2n) is 8.08. The van der Waals surface area contributed by atoms with Crippen LogP contribution in [-0.4, -0.2) is 67.4 Å². The SMILES string of the molecule is CCCS(=O)(=O)N1CCN(S(=O)(=O)c2ccc(F)cc2)C1C(=O)NC(CC(=O)O)c1ccc(F)cc1. The van der Waals surface area contributed by atoms with E-state index in [1.54, 1.807) is 6.92 Å². The van der Waals surface area contributed by atoms with Crippen molar-refractivity contribution < 1.29 is 40.3 Å². The number of hydrogen-bond acceptors (Lipinski definition) is 6. The van der Waals surface area contributed by atoms with Crippen LogP contribution in [0.25, 0.3) is 0 Å². The summed E-state index contributed by atoms with van der Waals surface area (Å²) in [7, 11) is -8.53. The van der Waals surface area contributed by atoms with Gasteiger partial charge < -0.3 is 10.4 Å². The summed E-state index contributed by atoms with van der Waals surface area (Å²) in [4.78, 5) is 24.5. The summed E-state index contributed by atoms with van der Waals surface area (Å²) in [5.41, 5.74) is 0.223. The van der Waals surface area contributed by atoms with Gasteiger partial charge >= 0.3 is 5.97 Å². The van der Waals surface area contributed by atoms with Crippen molar-refractivity contribution in [1.82, 2.24) is 13.9 Å². The van der Waals surface area contributed by atoms with E-state index in [1.165, 1.54) is 12.1 Å². The number of hydrogen-bond donors (Lipinski definition) is 2. The van der Waals surface area contributed by atoms with Crippen molar-refractivity contribution >= 4 is 31.9 Å². The molecule has 1 amide bonds. The predicted octanol–water partition coefficient (Wildman–Crippen LogP) is 1.67. The average molecular weight is 546 g/mol. The lowest BCUT2D eigenvalue weighted by Gasteiger charge is -2.30. The Labute approximate surface area is 207 Å². The van der Waals surface area contributed by atoms with Gasteiger partial charge in [0.05, 0.1) is 23.1 Å². The predicted molar refractivity (Wildman–Crippen MR) is 124 cm³/mol. The van der Waals surface area contributed by atoms with Gasteiger partial charge in [-0.05, 0) is 48.4 Å². The van der Waals surface area contributed by atoms with E-state index in [2.05, 4.69) is 5.32 Å². The summed E-state index contributed by atoms with van der Waals surface area (Å²) in [6.07, 6.45) is -2.28. The smallest absolute Gasteiger partial charge is 0.305 e. The molecule has 1 aliphatic heterocycles. The van der Waals surface area contributed by atoms with Gasteiger partial charge in [0.1, 0.15) is 11.6 Å². The highest BCUT2D eigenvalue weighted by atomic mass is 32.2. The molecule has 196 valence electrons. The molecule has 2 unspecified atom stereocenters. The Morgan fingerprint density at radius 3 is 2.03 bits per heavy atom. The van der Waals surface area contributed by atoms with E-state index in [9.17, 15) is 40.3 Å². The van der Waals surface area contributed by atoms with E-state index in [1.807, 2.05) is 0 Å². The van der Waals surface area contributed by atoms with Gasteiger partial charge in [-0.15, -0.1) is 0 Å². The van der Waals surface area contributed by atoms with Gasteiger partial charge in [-0.3, -0.25) is 9.59 Å². The molecule has 0 aliphatic carbocycles. The number of aliphatic carboxylic acids is 1. The van der Waals surface area contributed by atoms with Gasteiger partial charge in [0, 0.05) is 13.1 Å². The first-order valence-electron chi connectivity index (χ1n) is 10.9. The van der Waals surface area contributed by atoms with Crippen LogP contribution in [0.1, 0.15) is 31.4 Å². The fraction of sp³-hybridized carbons (Fsp3) is 0.364. The van der Waals surface area contributed by atoms with Crippen LogP contribution in [0.2, 0.25) is 0 Å². The molecule has 36 heavy (non-hydrogen) atoms. The number of rotatable bonds is 10. The minimum Gasteiger partial charge on any atom is -0.481 e. The number of nitrogens with one attached hydrogen (secondary N) is 1. The Bertz CT molecular complexity index is 1320. The van der Waals surface area contributed by atoms with Crippen molar-refractivity contribution in [3.63, 3.8) is 0 Å². The normalized spacial score (nSPS) is 18.1. The number of carbonyl (C=O) groups is 2. The van der Waals surface area contributed by atoms with Crippen LogP contribution in [0, 0.1) is 11.6 Å². The molecule has 2 aromatic carbocycles. The number of benzene rings is 2. The third-order valence-electron chi connectivity index (χ3n) is 5.53. The lowest BCUT2D eigenvalue weighted by molar-refractivity contribution is -0.138. The van der Waals surface area contributed by atoms with Gasteiger partial charge in [0.2, 0.25) is 20.0 Å². The zero-order valence-electron chi connectivity index (χ0n) is 19.2. The molecule has 1 aliphatic rings. The molecule has 14 heteroatoms. The maximum Gasteiger partial charge on any atom is 0.305 e. The van der Waals surface area contributed by atoms with Crippen molar-refractivity contribution in [3.05, 3.63) is 65.7 Å². The third-order valence-corrected chi connectivity index (χ3v) is 9.42. The maximum atomic E-state index is 13.4. The van der Waals surface area contributed by atoms with Crippen molar-refractivity contribution in [1.29, 1.82) is 0 Å². The lowest BCUT2D eigenvalue weighted by atomic mass is 10.0. The Kier molecular flexibility index (Phi) is 8.44. The van der Waals surface area contributed by atoms with Crippen LogP contribution in [0.4, 0.5) is 8.78 Å². The van der Waals surface area contributed by atoms with Crippen LogP contribution in [0.15, 0.2) is 53.4 Å². The highest BCUT2D eigenvalue weighted by Gasteiger charge is 2.49. The molecule has 2 atom stereocenters. The molecule has 0 spiro atoms. The molecule has 1 heterocycles. The van der Waals surface area contributed by atoms with Crippen molar-refractivity contribution in [3.8, 4) is 0 Å². The fourth-order valence-electron chi connectivity index (χ4n) is 3.88. The number of nitrogens with zero attached hydrogens (tertiary/aromatic N) is 2. The molecule has 0 radical (unpaired) electrons. The van der Waals surface area contributed by atoms with Crippen molar-refractivity contribution in [2.24, 2.45) is 0 Å². The minimum atomic E-state index is -4.45. The summed E-state index contributed by atoms with van der Waals surface area (Å²) >= 11 is 0. The van der Waals surface area contributed by atoms with Gasteiger partial charge in [0.25, 0.3) is 5.91 Å². The molecular weight excluding hydrogens is 520 g/mol. The molecule has 0 bridgehead atoms. The van der Waals surface area contributed by atoms with Gasteiger partial charge in [-0.2, -0.15) is 8.61 Å². The number of carbonyl (C=O) groups excluding carboxylic acids is 1. The number of carboxylic acids is 1. The van der Waals surface area contributed by atoms with Gasteiger partial charge in [-0.25, -0.2) is 25.6 Å². The zero-order chi connectivity index (χ0) is 26.7. The van der Waals surface area contributed by atoms with E-state index in [4.69, 9.17) is 0 Å². The monoisotopic (exact) mass is 545 g/mol. The highest BCUT2D eigenvalue weighted by Crippen LogP contribution is 2.28. The molecule has 1 saturated heterocycles. The lowest BCUT2D eigenvalue weighted by Crippen LogP contribution is -2.54. The van der Waals surface area contributed by atoms with E-state index in [0.29, 0.717) is 4.31 Å². The number of halogens is 2. The van der Waals surface area contributed by atoms with E-state index in [0.717, 1.165) is 40.7 Å². The molecule has 10 nitrogen and oxygen atoms in total. The molecular formula is C22H25F2N3O7S2.